The van der Waals surface area contributed by atoms with Crippen LogP contribution in [-0.4, -0.2) is 27.4 Å². The Morgan fingerprint density at radius 3 is 2.03 bits per heavy atom. The van der Waals surface area contributed by atoms with Gasteiger partial charge in [0.1, 0.15) is 17.3 Å². The third-order valence-electron chi connectivity index (χ3n) is 13.1. The van der Waals surface area contributed by atoms with Gasteiger partial charge in [0.2, 0.25) is 0 Å². The molecule has 0 amide bonds. The molecule has 7 aromatic carbocycles. The van der Waals surface area contributed by atoms with E-state index in [0.29, 0.717) is 28.2 Å². The van der Waals surface area contributed by atoms with Crippen LogP contribution < -0.4 is 9.30 Å². The molecule has 1 aliphatic heterocycles. The molecule has 3 aromatic heterocycles. The molecule has 0 N–H and O–H groups in total. The quantitative estimate of drug-likeness (QED) is 0.0865. The van der Waals surface area contributed by atoms with Gasteiger partial charge < -0.3 is 4.74 Å². The molecule has 0 aliphatic carbocycles. The van der Waals surface area contributed by atoms with Crippen molar-refractivity contribution in [1.82, 2.24) is 14.1 Å². The van der Waals surface area contributed by atoms with Crippen molar-refractivity contribution in [2.24, 2.45) is 0 Å². The Balaban J connectivity index is 1.11. The minimum absolute atomic E-state index is 0.0168. The van der Waals surface area contributed by atoms with Crippen LogP contribution in [0.4, 0.5) is 0 Å². The van der Waals surface area contributed by atoms with Crippen LogP contribution in [0.1, 0.15) is 64.4 Å². The van der Waals surface area contributed by atoms with E-state index in [1.165, 1.54) is 0 Å². The zero-order chi connectivity index (χ0) is 53.0. The van der Waals surface area contributed by atoms with Crippen molar-refractivity contribution in [3.8, 4) is 50.9 Å². The summed E-state index contributed by atoms with van der Waals surface area (Å²) in [5.74, 6) is 6.79. The molecular weight excluding hydrogens is 853 g/mol. The summed E-state index contributed by atoms with van der Waals surface area (Å²) >= 11 is -2.02. The second kappa shape index (κ2) is 16.4. The molecule has 1 fully saturated rings. The van der Waals surface area contributed by atoms with Crippen LogP contribution in [-0.2, 0) is 5.41 Å². The van der Waals surface area contributed by atoms with E-state index in [2.05, 4.69) is 73.5 Å². The monoisotopic (exact) mass is 918 g/mol. The predicted molar refractivity (Wildman–Crippen MR) is 271 cm³/mol. The fourth-order valence-corrected chi connectivity index (χ4v) is 14.8. The van der Waals surface area contributed by atoms with Gasteiger partial charge in [0, 0.05) is 23.0 Å². The zero-order valence-electron chi connectivity index (χ0n) is 47.1. The fraction of sp³-hybridized carbons (Fsp3) is 0.186. The second-order valence-electron chi connectivity index (χ2n) is 18.9. The average Bonchev–Trinajstić information content (AvgIpc) is 3.99. The van der Waals surface area contributed by atoms with Crippen LogP contribution in [0.25, 0.3) is 72.3 Å². The first-order valence-corrected chi connectivity index (χ1v) is 29.4. The van der Waals surface area contributed by atoms with Crippen molar-refractivity contribution < 1.29 is 23.0 Å². The SMILES string of the molecule is [2H]c1c([2H])c([2H])c(-c2cc(C3C[CH2][Ge]([CH3])([CH3])[CH2]C3)cc(-c3c([2H])c([2H])c([2H])c([2H])c3[2H])c2-[n+]2[c-]n(-c3cccc(Oc4ccc5c6ccccc6n(-c6cc(C(C)(C)C)ccn6)c5c4)c3)c3ccccc32)c([2H])c1[2H]. The molecule has 1 saturated heterocycles. The normalized spacial score (nSPS) is 16.5. The number of fused-ring (bicyclic) bond motifs is 4. The van der Waals surface area contributed by atoms with Crippen molar-refractivity contribution in [2.45, 2.75) is 67.0 Å². The van der Waals surface area contributed by atoms with Gasteiger partial charge in [0.25, 0.3) is 0 Å². The summed E-state index contributed by atoms with van der Waals surface area (Å²) in [6.07, 6.45) is 7.16. The molecule has 10 aromatic rings. The molecule has 0 spiro atoms. The third kappa shape index (κ3) is 7.76. The average molecular weight is 918 g/mol. The van der Waals surface area contributed by atoms with Crippen LogP contribution in [0.2, 0.25) is 22.0 Å². The fourth-order valence-electron chi connectivity index (χ4n) is 9.52. The molecule has 1 aliphatic rings. The first-order valence-electron chi connectivity index (χ1n) is 27.3. The molecule has 0 unspecified atom stereocenters. The number of pyridine rings is 1. The summed E-state index contributed by atoms with van der Waals surface area (Å²) in [5.41, 5.74) is 6.38. The molecule has 5 nitrogen and oxygen atoms in total. The van der Waals surface area contributed by atoms with Crippen LogP contribution >= 0.6 is 0 Å². The number of nitrogens with zero attached hydrogens (tertiary/aromatic N) is 4. The standard InChI is InChI=1S/C59H54GeN4O/c1-59(2,3)45-31-34-61-57(37-45)64-53-24-13-12-23-49(53)50-28-27-48(39-56(50)64)65-47-22-16-21-46(38-47)62-40-63(55-26-15-14-25-54(55)62)58-51(42-17-8-6-9-18-42)35-44(41-29-32-60(4,5)33-30-41)36-52(58)43-19-10-7-11-20-43/h6-28,31,34-39,41H,29-30,32-33H2,1-5H3/i6D,7D,8D,9D,10D,11D,17D,18D,19D,20D. The van der Waals surface area contributed by atoms with E-state index in [-0.39, 0.29) is 39.3 Å². The van der Waals surface area contributed by atoms with E-state index >= 15 is 0 Å². The van der Waals surface area contributed by atoms with Gasteiger partial charge in [-0.1, -0.05) is 45.0 Å². The minimum atomic E-state index is -2.02. The van der Waals surface area contributed by atoms with Gasteiger partial charge in [-0.3, -0.25) is 4.57 Å². The second-order valence-corrected chi connectivity index (χ2v) is 30.1. The van der Waals surface area contributed by atoms with Gasteiger partial charge in [0.15, 0.2) is 0 Å². The molecule has 65 heavy (non-hydrogen) atoms. The molecule has 0 atom stereocenters. The topological polar surface area (TPSA) is 35.9 Å². The molecule has 0 saturated carbocycles. The molecule has 0 radical (unpaired) electrons. The number of benzene rings is 7. The number of hydrogen-bond donors (Lipinski definition) is 0. The molecule has 11 rings (SSSR count). The van der Waals surface area contributed by atoms with Crippen molar-refractivity contribution in [3.63, 3.8) is 0 Å². The summed E-state index contributed by atoms with van der Waals surface area (Å²) in [5, 5.41) is 4.34. The van der Waals surface area contributed by atoms with Gasteiger partial charge in [-0.25, -0.2) is 4.98 Å². The van der Waals surface area contributed by atoms with Crippen molar-refractivity contribution in [3.05, 3.63) is 199 Å². The van der Waals surface area contributed by atoms with E-state index in [9.17, 15) is 5.48 Å². The van der Waals surface area contributed by atoms with Gasteiger partial charge in [0.05, 0.1) is 11.0 Å². The van der Waals surface area contributed by atoms with E-state index in [0.717, 1.165) is 62.1 Å². The van der Waals surface area contributed by atoms with Gasteiger partial charge in [-0.05, 0) is 47.4 Å². The van der Waals surface area contributed by atoms with Crippen molar-refractivity contribution in [2.75, 3.05) is 0 Å². The summed E-state index contributed by atoms with van der Waals surface area (Å²) < 4.78 is 102. The molecular formula is C59H54GeN4O. The Hall–Kier alpha value is -6.70. The number of ether oxygens (including phenoxy) is 1. The summed E-state index contributed by atoms with van der Waals surface area (Å²) in [7, 11) is 0. The molecule has 4 heterocycles. The van der Waals surface area contributed by atoms with Crippen molar-refractivity contribution >= 4 is 46.1 Å². The van der Waals surface area contributed by atoms with Crippen LogP contribution in [0.5, 0.6) is 11.5 Å². The van der Waals surface area contributed by atoms with Gasteiger partial charge >= 0.3 is 242 Å². The zero-order valence-corrected chi connectivity index (χ0v) is 39.2. The summed E-state index contributed by atoms with van der Waals surface area (Å²) in [6, 6.07) is 32.6. The Morgan fingerprint density at radius 2 is 1.32 bits per heavy atom. The summed E-state index contributed by atoms with van der Waals surface area (Å²) in [6.45, 7) is 6.56. The predicted octanol–water partition coefficient (Wildman–Crippen LogP) is 15.2. The molecule has 320 valence electrons. The van der Waals surface area contributed by atoms with Crippen molar-refractivity contribution in [1.29, 1.82) is 0 Å². The first kappa shape index (κ1) is 31.2. The Labute approximate surface area is 399 Å². The van der Waals surface area contributed by atoms with Crippen LogP contribution in [0.15, 0.2) is 182 Å². The van der Waals surface area contributed by atoms with E-state index in [4.69, 9.17) is 17.9 Å². The van der Waals surface area contributed by atoms with E-state index in [1.807, 2.05) is 95.7 Å². The Bertz CT molecular complexity index is 3830. The van der Waals surface area contributed by atoms with Crippen LogP contribution in [0, 0.1) is 6.33 Å². The Morgan fingerprint density at radius 1 is 0.677 bits per heavy atom. The number of rotatable bonds is 8. The van der Waals surface area contributed by atoms with Gasteiger partial charge in [-0.2, -0.15) is 0 Å². The maximum absolute atomic E-state index is 9.37. The number of hydrogen-bond acceptors (Lipinski definition) is 2. The Kier molecular flexibility index (Phi) is 7.87. The van der Waals surface area contributed by atoms with Gasteiger partial charge in [-0.15, -0.1) is 0 Å². The number of para-hydroxylation sites is 3. The maximum atomic E-state index is 9.37. The van der Waals surface area contributed by atoms with Crippen LogP contribution in [0.3, 0.4) is 0 Å². The van der Waals surface area contributed by atoms with E-state index in [1.54, 1.807) is 4.57 Å². The first-order chi connectivity index (χ1) is 35.7. The number of aromatic nitrogens is 4. The third-order valence-corrected chi connectivity index (χ3v) is 20.0. The van der Waals surface area contributed by atoms with E-state index < -0.39 is 73.7 Å². The summed E-state index contributed by atoms with van der Waals surface area (Å²) in [4.78, 5) is 4.85. The molecule has 6 heteroatoms. The number of imidazole rings is 1. The molecule has 0 bridgehead atoms.